The maximum absolute atomic E-state index is 12.5. The van der Waals surface area contributed by atoms with Crippen LogP contribution in [0.1, 0.15) is 57.1 Å². The molecule has 0 aromatic heterocycles. The van der Waals surface area contributed by atoms with Gasteiger partial charge in [0.1, 0.15) is 0 Å². The molecule has 1 saturated heterocycles. The summed E-state index contributed by atoms with van der Waals surface area (Å²) in [5, 5.41) is 3.60. The first kappa shape index (κ1) is 19.9. The second-order valence-electron chi connectivity index (χ2n) is 7.39. The summed E-state index contributed by atoms with van der Waals surface area (Å²) in [4.78, 5) is 38.9. The average Bonchev–Trinajstić information content (AvgIpc) is 2.91. The monoisotopic (exact) mass is 390 g/mol. The second kappa shape index (κ2) is 8.42. The number of hydrogen-bond acceptors (Lipinski definition) is 3. The fourth-order valence-electron chi connectivity index (χ4n) is 4.33. The van der Waals surface area contributed by atoms with Crippen LogP contribution >= 0.6 is 11.6 Å². The number of imide groups is 1. The Hall–Kier alpha value is -1.88. The van der Waals surface area contributed by atoms with Crippen LogP contribution in [0.2, 0.25) is 5.02 Å². The van der Waals surface area contributed by atoms with Crippen LogP contribution in [0.3, 0.4) is 0 Å². The maximum atomic E-state index is 12.5. The van der Waals surface area contributed by atoms with Gasteiger partial charge >= 0.3 is 0 Å². The molecule has 27 heavy (non-hydrogen) atoms. The highest BCUT2D eigenvalue weighted by Gasteiger charge is 2.47. The zero-order valence-corrected chi connectivity index (χ0v) is 16.8. The quantitative estimate of drug-likeness (QED) is 0.747. The highest BCUT2D eigenvalue weighted by Crippen LogP contribution is 2.38. The topological polar surface area (TPSA) is 66.5 Å². The lowest BCUT2D eigenvalue weighted by atomic mass is 9.81. The molecule has 0 radical (unpaired) electrons. The molecular weight excluding hydrogens is 364 g/mol. The summed E-state index contributed by atoms with van der Waals surface area (Å²) in [7, 11) is 0. The third-order valence-corrected chi connectivity index (χ3v) is 6.19. The molecule has 1 heterocycles. The van der Waals surface area contributed by atoms with Crippen LogP contribution in [0.4, 0.5) is 5.69 Å². The van der Waals surface area contributed by atoms with Crippen molar-refractivity contribution in [2.45, 2.75) is 58.8 Å². The number of halogens is 1. The first-order valence-electron chi connectivity index (χ1n) is 9.93. The highest BCUT2D eigenvalue weighted by atomic mass is 35.5. The van der Waals surface area contributed by atoms with E-state index >= 15 is 0 Å². The van der Waals surface area contributed by atoms with E-state index in [9.17, 15) is 14.4 Å². The molecular formula is C21H27ClN2O3. The molecule has 1 aromatic carbocycles. The molecule has 6 heteroatoms. The van der Waals surface area contributed by atoms with Crippen LogP contribution in [0.5, 0.6) is 0 Å². The molecule has 2 atom stereocenters. The van der Waals surface area contributed by atoms with Crippen LogP contribution in [-0.4, -0.2) is 29.2 Å². The van der Waals surface area contributed by atoms with E-state index in [-0.39, 0.29) is 42.5 Å². The Balaban J connectivity index is 1.66. The summed E-state index contributed by atoms with van der Waals surface area (Å²) in [6.45, 7) is 4.18. The zero-order valence-electron chi connectivity index (χ0n) is 16.0. The number of likely N-dealkylation sites (tertiary alicyclic amines) is 1. The van der Waals surface area contributed by atoms with E-state index in [1.807, 2.05) is 26.0 Å². The highest BCUT2D eigenvalue weighted by molar-refractivity contribution is 6.32. The van der Waals surface area contributed by atoms with Gasteiger partial charge in [0, 0.05) is 23.7 Å². The van der Waals surface area contributed by atoms with Crippen molar-refractivity contribution in [2.24, 2.45) is 11.8 Å². The van der Waals surface area contributed by atoms with Gasteiger partial charge in [0.05, 0.1) is 11.8 Å². The number of carbonyl (C=O) groups excluding carboxylic acids is 3. The lowest BCUT2D eigenvalue weighted by Crippen LogP contribution is -2.34. The number of nitrogens with zero attached hydrogens (tertiary/aromatic N) is 1. The van der Waals surface area contributed by atoms with E-state index in [4.69, 9.17) is 11.6 Å². The number of hydrogen-bond donors (Lipinski definition) is 1. The van der Waals surface area contributed by atoms with Crippen molar-refractivity contribution in [1.29, 1.82) is 0 Å². The van der Waals surface area contributed by atoms with E-state index < -0.39 is 0 Å². The minimum Gasteiger partial charge on any atom is -0.325 e. The minimum absolute atomic E-state index is 0.0937. The van der Waals surface area contributed by atoms with Gasteiger partial charge in [-0.05, 0) is 42.9 Å². The molecule has 3 rings (SSSR count). The lowest BCUT2D eigenvalue weighted by molar-refractivity contribution is -0.140. The number of benzene rings is 1. The fraction of sp³-hybridized carbons (Fsp3) is 0.571. The van der Waals surface area contributed by atoms with Crippen LogP contribution in [0, 0.1) is 11.8 Å². The zero-order chi connectivity index (χ0) is 19.6. The van der Waals surface area contributed by atoms with Gasteiger partial charge in [0.25, 0.3) is 0 Å². The Bertz CT molecular complexity index is 738. The lowest BCUT2D eigenvalue weighted by Gasteiger charge is -2.19. The first-order valence-corrected chi connectivity index (χ1v) is 10.3. The molecule has 1 aliphatic heterocycles. The Morgan fingerprint density at radius 1 is 1.11 bits per heavy atom. The Morgan fingerprint density at radius 3 is 2.30 bits per heavy atom. The van der Waals surface area contributed by atoms with Crippen molar-refractivity contribution in [3.05, 3.63) is 28.3 Å². The summed E-state index contributed by atoms with van der Waals surface area (Å²) in [5.41, 5.74) is 2.72. The van der Waals surface area contributed by atoms with E-state index in [2.05, 4.69) is 5.32 Å². The van der Waals surface area contributed by atoms with Gasteiger partial charge in [-0.2, -0.15) is 0 Å². The molecule has 146 valence electrons. The third kappa shape index (κ3) is 3.88. The summed E-state index contributed by atoms with van der Waals surface area (Å²) in [6, 6.07) is 3.79. The Kier molecular flexibility index (Phi) is 6.20. The molecule has 1 aromatic rings. The molecule has 0 bridgehead atoms. The molecule has 1 N–H and O–H groups in total. The van der Waals surface area contributed by atoms with Crippen LogP contribution in [0.25, 0.3) is 0 Å². The summed E-state index contributed by atoms with van der Waals surface area (Å²) < 4.78 is 0. The Morgan fingerprint density at radius 2 is 1.74 bits per heavy atom. The van der Waals surface area contributed by atoms with Crippen molar-refractivity contribution in [3.8, 4) is 0 Å². The van der Waals surface area contributed by atoms with Gasteiger partial charge in [-0.25, -0.2) is 0 Å². The largest absolute Gasteiger partial charge is 0.325 e. The van der Waals surface area contributed by atoms with Crippen molar-refractivity contribution >= 4 is 35.0 Å². The molecule has 2 aliphatic rings. The SMILES string of the molecule is CCc1ccc(Cl)c(CC)c1NC(=O)CCN1C(=O)[C@@H]2CCCC[C@H]2C1=O. The molecule has 0 unspecified atom stereocenters. The molecule has 2 fully saturated rings. The number of amides is 3. The average molecular weight is 391 g/mol. The number of fused-ring (bicyclic) bond motifs is 1. The summed E-state index contributed by atoms with van der Waals surface area (Å²) >= 11 is 6.28. The van der Waals surface area contributed by atoms with Crippen molar-refractivity contribution in [2.75, 3.05) is 11.9 Å². The van der Waals surface area contributed by atoms with E-state index in [1.54, 1.807) is 0 Å². The summed E-state index contributed by atoms with van der Waals surface area (Å²) in [6.07, 6.45) is 5.20. The third-order valence-electron chi connectivity index (χ3n) is 5.84. The van der Waals surface area contributed by atoms with Gasteiger partial charge in [-0.1, -0.05) is 44.4 Å². The van der Waals surface area contributed by atoms with Gasteiger partial charge < -0.3 is 5.32 Å². The standard InChI is InChI=1S/C21H27ClN2O3/c1-3-13-9-10-17(22)14(4-2)19(13)23-18(25)11-12-24-20(26)15-7-5-6-8-16(15)21(24)27/h9-10,15-16H,3-8,11-12H2,1-2H3,(H,23,25)/t15-,16-/m1/s1. The number of nitrogens with one attached hydrogen (secondary N) is 1. The van der Waals surface area contributed by atoms with Crippen molar-refractivity contribution in [3.63, 3.8) is 0 Å². The number of anilines is 1. The number of aryl methyl sites for hydroxylation is 1. The van der Waals surface area contributed by atoms with Gasteiger partial charge in [-0.15, -0.1) is 0 Å². The Labute approximate surface area is 165 Å². The fourth-order valence-corrected chi connectivity index (χ4v) is 4.62. The molecule has 3 amide bonds. The second-order valence-corrected chi connectivity index (χ2v) is 7.80. The minimum atomic E-state index is -0.197. The number of carbonyl (C=O) groups is 3. The van der Waals surface area contributed by atoms with Gasteiger partial charge in [0.15, 0.2) is 0 Å². The molecule has 5 nitrogen and oxygen atoms in total. The van der Waals surface area contributed by atoms with E-state index in [0.29, 0.717) is 5.02 Å². The predicted molar refractivity (Wildman–Crippen MR) is 106 cm³/mol. The molecule has 1 saturated carbocycles. The van der Waals surface area contributed by atoms with Crippen LogP contribution < -0.4 is 5.32 Å². The smallest absolute Gasteiger partial charge is 0.233 e. The van der Waals surface area contributed by atoms with Crippen molar-refractivity contribution in [1.82, 2.24) is 4.90 Å². The van der Waals surface area contributed by atoms with E-state index in [0.717, 1.165) is 55.3 Å². The van der Waals surface area contributed by atoms with Crippen LogP contribution in [-0.2, 0) is 27.2 Å². The summed E-state index contributed by atoms with van der Waals surface area (Å²) in [5.74, 6) is -0.717. The predicted octanol–water partition coefficient (Wildman–Crippen LogP) is 3.97. The van der Waals surface area contributed by atoms with Gasteiger partial charge in [0.2, 0.25) is 17.7 Å². The van der Waals surface area contributed by atoms with Crippen molar-refractivity contribution < 1.29 is 14.4 Å². The normalized spacial score (nSPS) is 22.1. The molecule has 0 spiro atoms. The van der Waals surface area contributed by atoms with Gasteiger partial charge in [-0.3, -0.25) is 19.3 Å². The van der Waals surface area contributed by atoms with E-state index in [1.165, 1.54) is 4.90 Å². The maximum Gasteiger partial charge on any atom is 0.233 e. The van der Waals surface area contributed by atoms with Crippen LogP contribution in [0.15, 0.2) is 12.1 Å². The first-order chi connectivity index (χ1) is 13.0. The molecule has 1 aliphatic carbocycles. The number of rotatable bonds is 6.